The average molecular weight is 184 g/mol. The molecule has 1 rings (SSSR count). The first kappa shape index (κ1) is 10.1. The summed E-state index contributed by atoms with van der Waals surface area (Å²) in [4.78, 5) is 10.5. The fraction of sp³-hybridized carbons (Fsp3) is 0.667. The van der Waals surface area contributed by atoms with Gasteiger partial charge in [0.2, 0.25) is 0 Å². The van der Waals surface area contributed by atoms with Gasteiger partial charge in [0.15, 0.2) is 0 Å². The molecule has 4 heteroatoms. The Labute approximate surface area is 77.9 Å². The summed E-state index contributed by atoms with van der Waals surface area (Å²) in [5.74, 6) is 0. The summed E-state index contributed by atoms with van der Waals surface area (Å²) in [5, 5.41) is 0. The Hall–Kier alpha value is -1.03. The maximum Gasteiger partial charge on any atom is 0.405 e. The number of primary amides is 1. The highest BCUT2D eigenvalue weighted by molar-refractivity contribution is 5.65. The van der Waals surface area contributed by atoms with E-state index in [0.717, 1.165) is 25.7 Å². The van der Waals surface area contributed by atoms with Gasteiger partial charge in [-0.05, 0) is 31.8 Å². The summed E-state index contributed by atoms with van der Waals surface area (Å²) in [5.41, 5.74) is 10.7. The molecule has 0 spiro atoms. The van der Waals surface area contributed by atoms with Gasteiger partial charge in [-0.15, -0.1) is 0 Å². The van der Waals surface area contributed by atoms with Gasteiger partial charge in [-0.25, -0.2) is 4.79 Å². The molecule has 2 unspecified atom stereocenters. The Morgan fingerprint density at radius 3 is 2.85 bits per heavy atom. The third kappa shape index (κ3) is 3.94. The molecule has 0 bridgehead atoms. The molecule has 0 heterocycles. The lowest BCUT2D eigenvalue weighted by Crippen LogP contribution is -2.26. The van der Waals surface area contributed by atoms with Crippen molar-refractivity contribution in [2.24, 2.45) is 11.5 Å². The van der Waals surface area contributed by atoms with E-state index in [-0.39, 0.29) is 12.1 Å². The summed E-state index contributed by atoms with van der Waals surface area (Å²) in [6, 6.07) is 0.212. The van der Waals surface area contributed by atoms with E-state index in [0.29, 0.717) is 0 Å². The van der Waals surface area contributed by atoms with Crippen LogP contribution in [0.5, 0.6) is 0 Å². The lowest BCUT2D eigenvalue weighted by molar-refractivity contribution is 0.122. The number of carbonyl (C=O) groups excluding carboxylic acids is 1. The Bertz CT molecular complexity index is 204. The summed E-state index contributed by atoms with van der Waals surface area (Å²) in [6.07, 6.45) is 6.55. The van der Waals surface area contributed by atoms with Gasteiger partial charge < -0.3 is 16.2 Å². The van der Waals surface area contributed by atoms with Crippen LogP contribution < -0.4 is 11.5 Å². The van der Waals surface area contributed by atoms with Gasteiger partial charge >= 0.3 is 6.09 Å². The van der Waals surface area contributed by atoms with Crippen LogP contribution in [0.15, 0.2) is 12.2 Å². The molecule has 0 aromatic rings. The topological polar surface area (TPSA) is 78.3 Å². The van der Waals surface area contributed by atoms with Crippen molar-refractivity contribution in [3.05, 3.63) is 12.2 Å². The zero-order chi connectivity index (χ0) is 9.68. The van der Waals surface area contributed by atoms with E-state index in [2.05, 4.69) is 0 Å². The molecule has 1 amide bonds. The van der Waals surface area contributed by atoms with Crippen molar-refractivity contribution < 1.29 is 9.53 Å². The summed E-state index contributed by atoms with van der Waals surface area (Å²) < 4.78 is 4.87. The van der Waals surface area contributed by atoms with Crippen molar-refractivity contribution in [2.75, 3.05) is 0 Å². The minimum Gasteiger partial charge on any atom is -0.442 e. The molecule has 0 radical (unpaired) electrons. The monoisotopic (exact) mass is 184 g/mol. The third-order valence-corrected chi connectivity index (χ3v) is 2.14. The summed E-state index contributed by atoms with van der Waals surface area (Å²) >= 11 is 0. The smallest absolute Gasteiger partial charge is 0.405 e. The molecule has 74 valence electrons. The van der Waals surface area contributed by atoms with Crippen molar-refractivity contribution in [1.82, 2.24) is 0 Å². The van der Waals surface area contributed by atoms with Crippen molar-refractivity contribution in [3.63, 3.8) is 0 Å². The lowest BCUT2D eigenvalue weighted by Gasteiger charge is -2.18. The molecular formula is C9H16N2O2. The van der Waals surface area contributed by atoms with Gasteiger partial charge in [-0.2, -0.15) is 0 Å². The average Bonchev–Trinajstić information content (AvgIpc) is 2.03. The van der Waals surface area contributed by atoms with Crippen LogP contribution in [0.4, 0.5) is 4.79 Å². The van der Waals surface area contributed by atoms with Gasteiger partial charge in [0, 0.05) is 6.04 Å². The molecule has 1 aliphatic rings. The lowest BCUT2D eigenvalue weighted by atomic mass is 10.0. The Kier molecular flexibility index (Phi) is 3.76. The first-order valence-electron chi connectivity index (χ1n) is 4.57. The van der Waals surface area contributed by atoms with E-state index in [9.17, 15) is 4.79 Å². The van der Waals surface area contributed by atoms with E-state index in [4.69, 9.17) is 16.2 Å². The first-order valence-corrected chi connectivity index (χ1v) is 4.57. The van der Waals surface area contributed by atoms with Gasteiger partial charge in [-0.3, -0.25) is 0 Å². The van der Waals surface area contributed by atoms with Crippen LogP contribution >= 0.6 is 0 Å². The zero-order valence-corrected chi connectivity index (χ0v) is 7.61. The molecule has 4 nitrogen and oxygen atoms in total. The highest BCUT2D eigenvalue weighted by Gasteiger charge is 2.13. The largest absolute Gasteiger partial charge is 0.442 e. The minimum absolute atomic E-state index is 0.191. The standard InChI is InChI=1S/C9H16N2O2/c10-7-3-1-2-4-8(6-5-7)13-9(11)12/h2,4,7-8H,1,3,5-6,10H2,(H2,11,12)/b4-2+. The predicted molar refractivity (Wildman–Crippen MR) is 50.0 cm³/mol. The third-order valence-electron chi connectivity index (χ3n) is 2.14. The predicted octanol–water partition coefficient (Wildman–Crippen LogP) is 0.908. The highest BCUT2D eigenvalue weighted by Crippen LogP contribution is 2.13. The van der Waals surface area contributed by atoms with Crippen LogP contribution in [0, 0.1) is 0 Å². The molecular weight excluding hydrogens is 168 g/mol. The quantitative estimate of drug-likeness (QED) is 0.594. The number of carbonyl (C=O) groups is 1. The van der Waals surface area contributed by atoms with Gasteiger partial charge in [0.05, 0.1) is 0 Å². The normalized spacial score (nSPS) is 31.5. The second-order valence-corrected chi connectivity index (χ2v) is 3.32. The van der Waals surface area contributed by atoms with Crippen molar-refractivity contribution in [3.8, 4) is 0 Å². The maximum absolute atomic E-state index is 10.5. The zero-order valence-electron chi connectivity index (χ0n) is 7.61. The molecule has 0 aromatic heterocycles. The second-order valence-electron chi connectivity index (χ2n) is 3.32. The van der Waals surface area contributed by atoms with Crippen LogP contribution in [0.2, 0.25) is 0 Å². The summed E-state index contributed by atoms with van der Waals surface area (Å²) in [6.45, 7) is 0. The SMILES string of the molecule is NC(=O)OC1/C=C/CCC(N)CC1. The van der Waals surface area contributed by atoms with E-state index in [1.54, 1.807) is 0 Å². The molecule has 0 aromatic carbocycles. The van der Waals surface area contributed by atoms with Gasteiger partial charge in [0.1, 0.15) is 6.10 Å². The van der Waals surface area contributed by atoms with Crippen LogP contribution in [0.3, 0.4) is 0 Å². The van der Waals surface area contributed by atoms with Crippen molar-refractivity contribution in [2.45, 2.75) is 37.8 Å². The molecule has 2 atom stereocenters. The number of ether oxygens (including phenoxy) is 1. The van der Waals surface area contributed by atoms with E-state index in [1.807, 2.05) is 12.2 Å². The fourth-order valence-electron chi connectivity index (χ4n) is 1.42. The molecule has 0 aliphatic heterocycles. The van der Waals surface area contributed by atoms with Crippen LogP contribution in [0.25, 0.3) is 0 Å². The summed E-state index contributed by atoms with van der Waals surface area (Å²) in [7, 11) is 0. The van der Waals surface area contributed by atoms with Crippen LogP contribution in [-0.4, -0.2) is 18.2 Å². The van der Waals surface area contributed by atoms with Crippen LogP contribution in [-0.2, 0) is 4.74 Å². The molecule has 1 aliphatic carbocycles. The maximum atomic E-state index is 10.5. The number of allylic oxidation sites excluding steroid dienone is 1. The highest BCUT2D eigenvalue weighted by atomic mass is 16.6. The fourth-order valence-corrected chi connectivity index (χ4v) is 1.42. The Morgan fingerprint density at radius 1 is 1.38 bits per heavy atom. The number of nitrogens with two attached hydrogens (primary N) is 2. The second kappa shape index (κ2) is 4.87. The van der Waals surface area contributed by atoms with E-state index in [1.165, 1.54) is 0 Å². The molecule has 0 saturated carbocycles. The Morgan fingerprint density at radius 2 is 2.15 bits per heavy atom. The van der Waals surface area contributed by atoms with Gasteiger partial charge in [0.25, 0.3) is 0 Å². The van der Waals surface area contributed by atoms with Gasteiger partial charge in [-0.1, -0.05) is 6.08 Å². The molecule has 0 fully saturated rings. The number of amides is 1. The number of hydrogen-bond acceptors (Lipinski definition) is 3. The van der Waals surface area contributed by atoms with Crippen LogP contribution in [0.1, 0.15) is 25.7 Å². The molecule has 4 N–H and O–H groups in total. The molecule has 0 saturated heterocycles. The van der Waals surface area contributed by atoms with E-state index < -0.39 is 6.09 Å². The van der Waals surface area contributed by atoms with E-state index >= 15 is 0 Å². The first-order chi connectivity index (χ1) is 6.18. The minimum atomic E-state index is -0.719. The molecule has 13 heavy (non-hydrogen) atoms. The number of rotatable bonds is 1. The van der Waals surface area contributed by atoms with Crippen molar-refractivity contribution in [1.29, 1.82) is 0 Å². The Balaban J connectivity index is 2.44. The van der Waals surface area contributed by atoms with Crippen molar-refractivity contribution >= 4 is 6.09 Å². The number of hydrogen-bond donors (Lipinski definition) is 2.